The highest BCUT2D eigenvalue weighted by Gasteiger charge is 2.48. The lowest BCUT2D eigenvalue weighted by Crippen LogP contribution is -2.67. The van der Waals surface area contributed by atoms with Crippen molar-refractivity contribution in [3.05, 3.63) is 0 Å². The Morgan fingerprint density at radius 2 is 1.75 bits per heavy atom. The molecule has 3 rings (SSSR count). The van der Waals surface area contributed by atoms with Crippen LogP contribution in [0.2, 0.25) is 0 Å². The van der Waals surface area contributed by atoms with Crippen LogP contribution >= 0.6 is 0 Å². The number of amides is 1. The van der Waals surface area contributed by atoms with Gasteiger partial charge in [0.15, 0.2) is 0 Å². The monoisotopic (exact) mass is 279 g/mol. The van der Waals surface area contributed by atoms with Crippen molar-refractivity contribution in [1.82, 2.24) is 4.90 Å². The molecule has 114 valence electrons. The number of fused-ring (bicyclic) bond motifs is 1. The Balaban J connectivity index is 1.54. The molecule has 1 saturated heterocycles. The molecule has 2 saturated carbocycles. The van der Waals surface area contributed by atoms with Crippen molar-refractivity contribution in [2.45, 2.75) is 64.4 Å². The lowest BCUT2D eigenvalue weighted by atomic mass is 9.67. The van der Waals surface area contributed by atoms with E-state index in [0.29, 0.717) is 19.0 Å². The van der Waals surface area contributed by atoms with E-state index < -0.39 is 5.60 Å². The van der Waals surface area contributed by atoms with E-state index in [4.69, 9.17) is 0 Å². The van der Waals surface area contributed by atoms with Crippen LogP contribution in [-0.2, 0) is 4.79 Å². The number of nitrogens with zero attached hydrogens (tertiary/aromatic N) is 1. The fourth-order valence-electron chi connectivity index (χ4n) is 4.49. The topological polar surface area (TPSA) is 40.5 Å². The van der Waals surface area contributed by atoms with E-state index in [9.17, 15) is 9.90 Å². The smallest absolute Gasteiger partial charge is 0.225 e. The van der Waals surface area contributed by atoms with Crippen molar-refractivity contribution >= 4 is 5.91 Å². The molecule has 1 heterocycles. The highest BCUT2D eigenvalue weighted by atomic mass is 16.3. The van der Waals surface area contributed by atoms with Gasteiger partial charge in [0.05, 0.1) is 13.1 Å². The molecule has 3 nitrogen and oxygen atoms in total. The molecule has 1 N–H and O–H groups in total. The summed E-state index contributed by atoms with van der Waals surface area (Å²) < 4.78 is 0. The number of hydrogen-bond acceptors (Lipinski definition) is 2. The molecule has 2 aliphatic carbocycles. The molecule has 3 atom stereocenters. The number of aliphatic hydroxyl groups is 1. The number of carbonyl (C=O) groups is 1. The first-order valence-electron chi connectivity index (χ1n) is 8.51. The van der Waals surface area contributed by atoms with Gasteiger partial charge < -0.3 is 10.0 Å². The van der Waals surface area contributed by atoms with Gasteiger partial charge in [-0.15, -0.1) is 0 Å². The van der Waals surface area contributed by atoms with E-state index in [1.807, 2.05) is 18.7 Å². The third-order valence-corrected chi connectivity index (χ3v) is 6.20. The summed E-state index contributed by atoms with van der Waals surface area (Å²) in [6.45, 7) is 5.17. The zero-order chi connectivity index (χ0) is 14.3. The highest BCUT2D eigenvalue weighted by Crippen LogP contribution is 2.43. The predicted molar refractivity (Wildman–Crippen MR) is 79.2 cm³/mol. The SMILES string of the molecule is CC(C)C1(O)CN(C(=O)C2CCC3CCCCC3C2)C1. The summed E-state index contributed by atoms with van der Waals surface area (Å²) in [7, 11) is 0. The van der Waals surface area contributed by atoms with Gasteiger partial charge in [-0.05, 0) is 37.0 Å². The van der Waals surface area contributed by atoms with Gasteiger partial charge in [-0.3, -0.25) is 4.79 Å². The minimum absolute atomic E-state index is 0.237. The number of β-amino-alcohol motifs (C(OH)–C–C–N with tert-alkyl or cyclic N) is 1. The number of rotatable bonds is 2. The second-order valence-electron chi connectivity index (χ2n) is 7.77. The van der Waals surface area contributed by atoms with Crippen LogP contribution in [-0.4, -0.2) is 34.6 Å². The van der Waals surface area contributed by atoms with Gasteiger partial charge in [0.25, 0.3) is 0 Å². The first-order valence-corrected chi connectivity index (χ1v) is 8.51. The van der Waals surface area contributed by atoms with Crippen LogP contribution in [0.25, 0.3) is 0 Å². The van der Waals surface area contributed by atoms with E-state index in [1.54, 1.807) is 0 Å². The Bertz CT molecular complexity index is 373. The van der Waals surface area contributed by atoms with E-state index in [-0.39, 0.29) is 11.8 Å². The first kappa shape index (κ1) is 14.4. The summed E-state index contributed by atoms with van der Waals surface area (Å²) in [5, 5.41) is 10.3. The Labute approximate surface area is 122 Å². The van der Waals surface area contributed by atoms with Crippen molar-refractivity contribution in [2.24, 2.45) is 23.7 Å². The van der Waals surface area contributed by atoms with Gasteiger partial charge in [-0.1, -0.05) is 39.5 Å². The van der Waals surface area contributed by atoms with E-state index >= 15 is 0 Å². The lowest BCUT2D eigenvalue weighted by molar-refractivity contribution is -0.169. The maximum Gasteiger partial charge on any atom is 0.225 e. The predicted octanol–water partition coefficient (Wildman–Crippen LogP) is 2.82. The summed E-state index contributed by atoms with van der Waals surface area (Å²) in [6.07, 6.45) is 8.93. The van der Waals surface area contributed by atoms with E-state index in [1.165, 1.54) is 32.1 Å². The van der Waals surface area contributed by atoms with Crippen molar-refractivity contribution < 1.29 is 9.90 Å². The molecule has 0 aromatic carbocycles. The number of likely N-dealkylation sites (tertiary alicyclic amines) is 1. The van der Waals surface area contributed by atoms with Gasteiger partial charge in [0.1, 0.15) is 5.60 Å². The lowest BCUT2D eigenvalue weighted by Gasteiger charge is -2.51. The minimum Gasteiger partial charge on any atom is -0.386 e. The highest BCUT2D eigenvalue weighted by molar-refractivity contribution is 5.80. The molecule has 0 aromatic rings. The molecule has 0 spiro atoms. The second-order valence-corrected chi connectivity index (χ2v) is 7.77. The Kier molecular flexibility index (Phi) is 3.83. The third kappa shape index (κ3) is 2.49. The van der Waals surface area contributed by atoms with Crippen LogP contribution in [0, 0.1) is 23.7 Å². The third-order valence-electron chi connectivity index (χ3n) is 6.20. The molecular weight excluding hydrogens is 250 g/mol. The summed E-state index contributed by atoms with van der Waals surface area (Å²) in [5.74, 6) is 2.50. The Hall–Kier alpha value is -0.570. The molecule has 1 aliphatic heterocycles. The van der Waals surface area contributed by atoms with Crippen LogP contribution in [0.4, 0.5) is 0 Å². The van der Waals surface area contributed by atoms with Crippen LogP contribution in [0.1, 0.15) is 58.8 Å². The van der Waals surface area contributed by atoms with Crippen LogP contribution in [0.15, 0.2) is 0 Å². The standard InChI is InChI=1S/C17H29NO2/c1-12(2)17(20)10-18(11-17)16(19)15-8-7-13-5-3-4-6-14(13)9-15/h12-15,20H,3-11H2,1-2H3. The maximum atomic E-state index is 12.6. The van der Waals surface area contributed by atoms with Gasteiger partial charge in [0.2, 0.25) is 5.91 Å². The molecule has 0 bridgehead atoms. The zero-order valence-electron chi connectivity index (χ0n) is 13.0. The number of hydrogen-bond donors (Lipinski definition) is 1. The van der Waals surface area contributed by atoms with Crippen LogP contribution < -0.4 is 0 Å². The average molecular weight is 279 g/mol. The van der Waals surface area contributed by atoms with Gasteiger partial charge >= 0.3 is 0 Å². The molecule has 0 aromatic heterocycles. The largest absolute Gasteiger partial charge is 0.386 e. The minimum atomic E-state index is -0.627. The Morgan fingerprint density at radius 1 is 1.10 bits per heavy atom. The fraction of sp³-hybridized carbons (Fsp3) is 0.941. The van der Waals surface area contributed by atoms with Gasteiger partial charge in [0, 0.05) is 5.92 Å². The van der Waals surface area contributed by atoms with Gasteiger partial charge in [-0.25, -0.2) is 0 Å². The number of carbonyl (C=O) groups excluding carboxylic acids is 1. The van der Waals surface area contributed by atoms with Gasteiger partial charge in [-0.2, -0.15) is 0 Å². The second kappa shape index (κ2) is 5.32. The van der Waals surface area contributed by atoms with Crippen molar-refractivity contribution in [2.75, 3.05) is 13.1 Å². The zero-order valence-corrected chi connectivity index (χ0v) is 13.0. The normalized spacial score (nSPS) is 36.4. The van der Waals surface area contributed by atoms with Crippen LogP contribution in [0.3, 0.4) is 0 Å². The van der Waals surface area contributed by atoms with Crippen molar-refractivity contribution in [3.63, 3.8) is 0 Å². The van der Waals surface area contributed by atoms with Crippen LogP contribution in [0.5, 0.6) is 0 Å². The maximum absolute atomic E-state index is 12.6. The van der Waals surface area contributed by atoms with E-state index in [0.717, 1.165) is 24.7 Å². The van der Waals surface area contributed by atoms with E-state index in [2.05, 4.69) is 0 Å². The molecule has 3 fully saturated rings. The molecular formula is C17H29NO2. The Morgan fingerprint density at radius 3 is 2.40 bits per heavy atom. The fourth-order valence-corrected chi connectivity index (χ4v) is 4.49. The first-order chi connectivity index (χ1) is 9.49. The molecule has 3 aliphatic rings. The summed E-state index contributed by atoms with van der Waals surface area (Å²) in [5.41, 5.74) is -0.627. The van der Waals surface area contributed by atoms with Crippen molar-refractivity contribution in [1.29, 1.82) is 0 Å². The summed E-state index contributed by atoms with van der Waals surface area (Å²) >= 11 is 0. The quantitative estimate of drug-likeness (QED) is 0.844. The summed E-state index contributed by atoms with van der Waals surface area (Å²) in [4.78, 5) is 14.5. The van der Waals surface area contributed by atoms with Crippen molar-refractivity contribution in [3.8, 4) is 0 Å². The molecule has 0 radical (unpaired) electrons. The molecule has 20 heavy (non-hydrogen) atoms. The molecule has 3 heteroatoms. The summed E-state index contributed by atoms with van der Waals surface area (Å²) in [6, 6.07) is 0. The molecule has 3 unspecified atom stereocenters. The average Bonchev–Trinajstić information content (AvgIpc) is 2.42. The molecule has 1 amide bonds.